The molecule has 1 aromatic carbocycles. The van der Waals surface area contributed by atoms with Crippen LogP contribution < -0.4 is 0 Å². The lowest BCUT2D eigenvalue weighted by Gasteiger charge is -2.15. The Hall–Kier alpha value is -2.75. The van der Waals surface area contributed by atoms with Gasteiger partial charge in [0.15, 0.2) is 11.5 Å². The van der Waals surface area contributed by atoms with Gasteiger partial charge in [0.05, 0.1) is 16.7 Å². The molecule has 0 radical (unpaired) electrons. The molecule has 0 N–H and O–H groups in total. The molecule has 0 aliphatic carbocycles. The summed E-state index contributed by atoms with van der Waals surface area (Å²) in [6.45, 7) is 1.62. The van der Waals surface area contributed by atoms with Crippen LogP contribution in [0, 0.1) is 0 Å². The topological polar surface area (TPSA) is 48.0 Å². The molecule has 4 aromatic rings. The molecule has 5 nitrogen and oxygen atoms in total. The quantitative estimate of drug-likeness (QED) is 0.430. The fraction of sp³-hybridized carbons (Fsp3) is 0.235. The number of para-hydroxylation sites is 1. The Kier molecular flexibility index (Phi) is 4.25. The molecule has 0 amide bonds. The van der Waals surface area contributed by atoms with Crippen LogP contribution in [-0.4, -0.2) is 24.4 Å². The van der Waals surface area contributed by atoms with Crippen LogP contribution in [0.5, 0.6) is 0 Å². The fourth-order valence-corrected chi connectivity index (χ4v) is 3.41. The van der Waals surface area contributed by atoms with Crippen LogP contribution in [0.4, 0.5) is 22.0 Å². The third-order valence-corrected chi connectivity index (χ3v) is 4.63. The van der Waals surface area contributed by atoms with Crippen LogP contribution in [0.2, 0.25) is 5.02 Å². The molecule has 28 heavy (non-hydrogen) atoms. The number of rotatable bonds is 3. The van der Waals surface area contributed by atoms with Gasteiger partial charge in [-0.2, -0.15) is 22.8 Å². The molecule has 0 aliphatic rings. The Morgan fingerprint density at radius 2 is 1.96 bits per heavy atom. The SMILES string of the molecule is CCc1c(C(F)F)cc2nc(C(F)(F)F)nn2c1-n1ncc2cccc(Cl)c21. The van der Waals surface area contributed by atoms with Gasteiger partial charge in [0.2, 0.25) is 0 Å². The molecule has 0 bridgehead atoms. The smallest absolute Gasteiger partial charge is 0.213 e. The van der Waals surface area contributed by atoms with E-state index in [4.69, 9.17) is 11.6 Å². The number of hydrogen-bond acceptors (Lipinski definition) is 3. The minimum atomic E-state index is -4.83. The van der Waals surface area contributed by atoms with Gasteiger partial charge in [-0.3, -0.25) is 0 Å². The molecule has 11 heteroatoms. The zero-order valence-electron chi connectivity index (χ0n) is 14.2. The summed E-state index contributed by atoms with van der Waals surface area (Å²) in [5.74, 6) is -1.48. The Bertz CT molecular complexity index is 1190. The van der Waals surface area contributed by atoms with Crippen molar-refractivity contribution in [2.45, 2.75) is 25.9 Å². The molecule has 4 rings (SSSR count). The number of nitrogens with zero attached hydrogens (tertiary/aromatic N) is 5. The van der Waals surface area contributed by atoms with E-state index in [1.54, 1.807) is 25.1 Å². The first-order valence-corrected chi connectivity index (χ1v) is 8.50. The van der Waals surface area contributed by atoms with Gasteiger partial charge in [-0.25, -0.2) is 18.4 Å². The summed E-state index contributed by atoms with van der Waals surface area (Å²) in [4.78, 5) is 3.39. The van der Waals surface area contributed by atoms with Gasteiger partial charge in [0.1, 0.15) is 0 Å². The summed E-state index contributed by atoms with van der Waals surface area (Å²) in [6.07, 6.45) is -6.19. The summed E-state index contributed by atoms with van der Waals surface area (Å²) < 4.78 is 68.8. The number of halogens is 6. The van der Waals surface area contributed by atoms with Crippen molar-refractivity contribution in [2.75, 3.05) is 0 Å². The minimum Gasteiger partial charge on any atom is -0.213 e. The standard InChI is InChI=1S/C17H11ClF5N5/c1-2-9-10(14(19)20)6-12-25-16(17(21,22)23)26-27(12)15(9)28-13-8(7-24-28)4-3-5-11(13)18/h3-7,14H,2H2,1H3. The second-order valence-electron chi connectivity index (χ2n) is 5.99. The third-order valence-electron chi connectivity index (χ3n) is 4.32. The van der Waals surface area contributed by atoms with Crippen LogP contribution in [0.15, 0.2) is 30.5 Å². The number of aromatic nitrogens is 5. The van der Waals surface area contributed by atoms with Crippen molar-refractivity contribution >= 4 is 28.2 Å². The van der Waals surface area contributed by atoms with E-state index in [1.165, 1.54) is 10.9 Å². The van der Waals surface area contributed by atoms with Crippen molar-refractivity contribution in [1.29, 1.82) is 0 Å². The predicted molar refractivity (Wildman–Crippen MR) is 92.0 cm³/mol. The van der Waals surface area contributed by atoms with E-state index in [0.29, 0.717) is 10.9 Å². The first kappa shape index (κ1) is 18.6. The van der Waals surface area contributed by atoms with E-state index >= 15 is 0 Å². The van der Waals surface area contributed by atoms with Crippen LogP contribution in [0.25, 0.3) is 22.4 Å². The van der Waals surface area contributed by atoms with Gasteiger partial charge < -0.3 is 0 Å². The molecule has 0 unspecified atom stereocenters. The van der Waals surface area contributed by atoms with E-state index in [2.05, 4.69) is 15.2 Å². The molecule has 0 fully saturated rings. The Labute approximate surface area is 159 Å². The second-order valence-corrected chi connectivity index (χ2v) is 6.40. The van der Waals surface area contributed by atoms with Crippen LogP contribution in [0.3, 0.4) is 0 Å². The van der Waals surface area contributed by atoms with Gasteiger partial charge in [0, 0.05) is 16.5 Å². The summed E-state index contributed by atoms with van der Waals surface area (Å²) in [5, 5.41) is 8.56. The maximum Gasteiger partial charge on any atom is 0.453 e. The molecule has 0 atom stereocenters. The van der Waals surface area contributed by atoms with Crippen molar-refractivity contribution in [3.63, 3.8) is 0 Å². The van der Waals surface area contributed by atoms with Crippen LogP contribution >= 0.6 is 11.6 Å². The van der Waals surface area contributed by atoms with E-state index in [-0.39, 0.29) is 28.5 Å². The second kappa shape index (κ2) is 6.40. The van der Waals surface area contributed by atoms with Gasteiger partial charge in [-0.1, -0.05) is 30.7 Å². The molecular formula is C17H11ClF5N5. The maximum atomic E-state index is 13.7. The number of benzene rings is 1. The van der Waals surface area contributed by atoms with Crippen molar-refractivity contribution < 1.29 is 22.0 Å². The van der Waals surface area contributed by atoms with E-state index in [0.717, 1.165) is 10.6 Å². The Morgan fingerprint density at radius 3 is 2.61 bits per heavy atom. The van der Waals surface area contributed by atoms with Crippen LogP contribution in [0.1, 0.15) is 30.3 Å². The predicted octanol–water partition coefficient (Wildman–Crippen LogP) is 5.24. The molecule has 0 saturated carbocycles. The highest BCUT2D eigenvalue weighted by Gasteiger charge is 2.37. The first-order valence-electron chi connectivity index (χ1n) is 8.13. The van der Waals surface area contributed by atoms with Gasteiger partial charge in [0.25, 0.3) is 12.2 Å². The molecule has 0 saturated heterocycles. The Morgan fingerprint density at radius 1 is 1.21 bits per heavy atom. The first-order chi connectivity index (χ1) is 13.2. The molecular weight excluding hydrogens is 405 g/mol. The summed E-state index contributed by atoms with van der Waals surface area (Å²) >= 11 is 6.25. The molecule has 0 aliphatic heterocycles. The monoisotopic (exact) mass is 415 g/mol. The number of hydrogen-bond donors (Lipinski definition) is 0. The third kappa shape index (κ3) is 2.79. The summed E-state index contributed by atoms with van der Waals surface area (Å²) in [5.41, 5.74) is -0.311. The average molecular weight is 416 g/mol. The van der Waals surface area contributed by atoms with E-state index in [1.807, 2.05) is 0 Å². The molecule has 146 valence electrons. The lowest BCUT2D eigenvalue weighted by molar-refractivity contribution is -0.144. The van der Waals surface area contributed by atoms with E-state index in [9.17, 15) is 22.0 Å². The van der Waals surface area contributed by atoms with Gasteiger partial charge in [-0.05, 0) is 18.6 Å². The number of fused-ring (bicyclic) bond motifs is 2. The minimum absolute atomic E-state index is 0.0543. The number of pyridine rings is 1. The summed E-state index contributed by atoms with van der Waals surface area (Å²) in [7, 11) is 0. The highest BCUT2D eigenvalue weighted by molar-refractivity contribution is 6.35. The zero-order valence-corrected chi connectivity index (χ0v) is 14.9. The van der Waals surface area contributed by atoms with Gasteiger partial charge >= 0.3 is 6.18 Å². The van der Waals surface area contributed by atoms with Crippen molar-refractivity contribution in [2.24, 2.45) is 0 Å². The highest BCUT2D eigenvalue weighted by Crippen LogP contribution is 2.34. The van der Waals surface area contributed by atoms with Crippen molar-refractivity contribution in [3.8, 4) is 5.82 Å². The van der Waals surface area contributed by atoms with Crippen molar-refractivity contribution in [1.82, 2.24) is 24.4 Å². The average Bonchev–Trinajstić information content (AvgIpc) is 3.24. The van der Waals surface area contributed by atoms with Crippen molar-refractivity contribution in [3.05, 3.63) is 52.4 Å². The lowest BCUT2D eigenvalue weighted by atomic mass is 10.1. The zero-order chi connectivity index (χ0) is 20.2. The Balaban J connectivity index is 2.17. The number of alkyl halides is 5. The molecule has 3 aromatic heterocycles. The normalized spacial score (nSPS) is 12.6. The maximum absolute atomic E-state index is 13.7. The van der Waals surface area contributed by atoms with E-state index < -0.39 is 24.0 Å². The largest absolute Gasteiger partial charge is 0.453 e. The van der Waals surface area contributed by atoms with Gasteiger partial charge in [-0.15, -0.1) is 5.10 Å². The molecule has 3 heterocycles. The fourth-order valence-electron chi connectivity index (χ4n) is 3.15. The lowest BCUT2D eigenvalue weighted by Crippen LogP contribution is -2.13. The summed E-state index contributed by atoms with van der Waals surface area (Å²) in [6, 6.07) is 5.87. The molecule has 0 spiro atoms. The highest BCUT2D eigenvalue weighted by atomic mass is 35.5. The van der Waals surface area contributed by atoms with Crippen LogP contribution in [-0.2, 0) is 12.6 Å².